The fraction of sp³-hybridized carbons (Fsp3) is 0.107. The molecular formula is C28H25N3O4. The molecule has 1 aromatic heterocycles. The molecule has 0 aliphatic carbocycles. The number of carbonyl (C=O) groups excluding carboxylic acids is 1. The number of carbonyl (C=O) groups is 2. The number of carboxylic acid groups (broad SMARTS) is 1. The lowest BCUT2D eigenvalue weighted by Gasteiger charge is -2.27. The van der Waals surface area contributed by atoms with Gasteiger partial charge in [-0.1, -0.05) is 72.8 Å². The van der Waals surface area contributed by atoms with Crippen molar-refractivity contribution in [1.29, 1.82) is 0 Å². The number of aliphatic hydroxyl groups is 1. The lowest BCUT2D eigenvalue weighted by Crippen LogP contribution is -2.47. The predicted molar refractivity (Wildman–Crippen MR) is 134 cm³/mol. The second-order valence-corrected chi connectivity index (χ2v) is 7.98. The molecule has 2 amide bonds. The molecule has 35 heavy (non-hydrogen) atoms. The Hall–Kier alpha value is -4.49. The van der Waals surface area contributed by atoms with E-state index in [0.717, 1.165) is 22.3 Å². The highest BCUT2D eigenvalue weighted by atomic mass is 16.4. The van der Waals surface area contributed by atoms with Gasteiger partial charge in [-0.25, -0.2) is 4.79 Å². The van der Waals surface area contributed by atoms with Gasteiger partial charge in [-0.3, -0.25) is 9.78 Å². The van der Waals surface area contributed by atoms with E-state index in [9.17, 15) is 19.8 Å². The molecule has 3 aromatic carbocycles. The zero-order valence-electron chi connectivity index (χ0n) is 18.8. The van der Waals surface area contributed by atoms with Crippen molar-refractivity contribution >= 4 is 17.7 Å². The van der Waals surface area contributed by atoms with Crippen LogP contribution in [-0.4, -0.2) is 33.2 Å². The minimum atomic E-state index is -1.29. The molecule has 0 aliphatic heterocycles. The third-order valence-electron chi connectivity index (χ3n) is 5.75. The zero-order chi connectivity index (χ0) is 24.6. The van der Waals surface area contributed by atoms with Crippen LogP contribution in [0, 0.1) is 0 Å². The minimum absolute atomic E-state index is 0.134. The summed E-state index contributed by atoms with van der Waals surface area (Å²) in [5, 5.41) is 24.4. The van der Waals surface area contributed by atoms with Crippen molar-refractivity contribution in [3.63, 3.8) is 0 Å². The predicted octanol–water partition coefficient (Wildman–Crippen LogP) is 4.65. The first-order valence-electron chi connectivity index (χ1n) is 11.1. The van der Waals surface area contributed by atoms with Crippen molar-refractivity contribution in [3.05, 3.63) is 120 Å². The minimum Gasteiger partial charge on any atom is -0.465 e. The first kappa shape index (κ1) is 23.7. The van der Waals surface area contributed by atoms with Gasteiger partial charge in [-0.15, -0.1) is 0 Å². The van der Waals surface area contributed by atoms with Crippen LogP contribution in [0.15, 0.2) is 103 Å². The molecule has 0 spiro atoms. The molecule has 7 heteroatoms. The van der Waals surface area contributed by atoms with Crippen LogP contribution in [0.2, 0.25) is 0 Å². The van der Waals surface area contributed by atoms with Gasteiger partial charge in [0.15, 0.2) is 0 Å². The molecule has 1 atom stereocenters. The topological polar surface area (TPSA) is 112 Å². The Morgan fingerprint density at radius 3 is 1.97 bits per heavy atom. The second-order valence-electron chi connectivity index (χ2n) is 7.98. The van der Waals surface area contributed by atoms with E-state index < -0.39 is 24.0 Å². The van der Waals surface area contributed by atoms with E-state index >= 15 is 0 Å². The summed E-state index contributed by atoms with van der Waals surface area (Å²) in [5.74, 6) is -1.01. The molecular weight excluding hydrogens is 442 g/mol. The van der Waals surface area contributed by atoms with Gasteiger partial charge in [-0.05, 0) is 40.5 Å². The molecule has 0 fully saturated rings. The highest BCUT2D eigenvalue weighted by Gasteiger charge is 2.32. The van der Waals surface area contributed by atoms with Gasteiger partial charge in [0, 0.05) is 29.6 Å². The number of nitrogens with one attached hydrogen (secondary N) is 2. The van der Waals surface area contributed by atoms with Crippen LogP contribution in [0.5, 0.6) is 0 Å². The first-order chi connectivity index (χ1) is 17.1. The number of pyridine rings is 1. The maximum absolute atomic E-state index is 13.4. The largest absolute Gasteiger partial charge is 0.465 e. The molecule has 1 heterocycles. The molecule has 0 saturated carbocycles. The van der Waals surface area contributed by atoms with Crippen LogP contribution < -0.4 is 10.6 Å². The number of anilines is 1. The maximum Gasteiger partial charge on any atom is 0.405 e. The van der Waals surface area contributed by atoms with Crippen LogP contribution in [0.25, 0.3) is 11.1 Å². The Balaban J connectivity index is 1.63. The number of amides is 2. The Morgan fingerprint density at radius 2 is 1.43 bits per heavy atom. The summed E-state index contributed by atoms with van der Waals surface area (Å²) >= 11 is 0. The molecule has 4 aromatic rings. The van der Waals surface area contributed by atoms with Gasteiger partial charge in [-0.2, -0.15) is 0 Å². The average molecular weight is 468 g/mol. The van der Waals surface area contributed by atoms with Gasteiger partial charge in [0.25, 0.3) is 0 Å². The normalized spacial score (nSPS) is 11.6. The third-order valence-corrected chi connectivity index (χ3v) is 5.75. The Bertz CT molecular complexity index is 1240. The number of aromatic nitrogens is 1. The smallest absolute Gasteiger partial charge is 0.405 e. The van der Waals surface area contributed by atoms with Gasteiger partial charge in [0.2, 0.25) is 5.91 Å². The van der Waals surface area contributed by atoms with Crippen molar-refractivity contribution in [2.45, 2.75) is 18.6 Å². The summed E-state index contributed by atoms with van der Waals surface area (Å²) in [6.45, 7) is -0.134. The van der Waals surface area contributed by atoms with Gasteiger partial charge in [0.05, 0.1) is 6.61 Å². The molecule has 4 N–H and O–H groups in total. The van der Waals surface area contributed by atoms with Crippen LogP contribution in [0.1, 0.15) is 22.6 Å². The number of benzene rings is 3. The summed E-state index contributed by atoms with van der Waals surface area (Å²) < 4.78 is 0. The molecule has 0 saturated heterocycles. The quantitative estimate of drug-likeness (QED) is 0.301. The van der Waals surface area contributed by atoms with Crippen molar-refractivity contribution in [3.8, 4) is 11.1 Å². The van der Waals surface area contributed by atoms with Gasteiger partial charge in [0.1, 0.15) is 6.04 Å². The fourth-order valence-corrected chi connectivity index (χ4v) is 4.12. The van der Waals surface area contributed by atoms with E-state index in [-0.39, 0.29) is 6.61 Å². The lowest BCUT2D eigenvalue weighted by atomic mass is 9.84. The maximum atomic E-state index is 13.4. The van der Waals surface area contributed by atoms with E-state index in [0.29, 0.717) is 11.3 Å². The highest BCUT2D eigenvalue weighted by Crippen LogP contribution is 2.30. The highest BCUT2D eigenvalue weighted by molar-refractivity contribution is 5.97. The SMILES string of the molecule is O=C(O)N[C@H](C(=O)Nc1ccc(-c2ccncc2CO)cc1)C(c1ccccc1)c1ccccc1. The van der Waals surface area contributed by atoms with Crippen LogP contribution in [0.4, 0.5) is 10.5 Å². The molecule has 0 bridgehead atoms. The molecule has 0 radical (unpaired) electrons. The van der Waals surface area contributed by atoms with Crippen molar-refractivity contribution in [1.82, 2.24) is 10.3 Å². The molecule has 4 rings (SSSR count). The van der Waals surface area contributed by atoms with E-state index in [1.165, 1.54) is 0 Å². The van der Waals surface area contributed by atoms with E-state index in [2.05, 4.69) is 15.6 Å². The Labute approximate surface area is 203 Å². The summed E-state index contributed by atoms with van der Waals surface area (Å²) in [7, 11) is 0. The number of aliphatic hydroxyl groups excluding tert-OH is 1. The molecule has 7 nitrogen and oxygen atoms in total. The zero-order valence-corrected chi connectivity index (χ0v) is 18.8. The third kappa shape index (κ3) is 5.72. The van der Waals surface area contributed by atoms with Crippen molar-refractivity contribution in [2.75, 3.05) is 5.32 Å². The number of hydrogen-bond acceptors (Lipinski definition) is 4. The number of hydrogen-bond donors (Lipinski definition) is 4. The summed E-state index contributed by atoms with van der Waals surface area (Å²) in [5.41, 5.74) is 4.56. The number of nitrogens with zero attached hydrogens (tertiary/aromatic N) is 1. The summed E-state index contributed by atoms with van der Waals surface area (Å²) in [6.07, 6.45) is 1.98. The Kier molecular flexibility index (Phi) is 7.50. The van der Waals surface area contributed by atoms with Gasteiger partial charge < -0.3 is 20.8 Å². The van der Waals surface area contributed by atoms with Gasteiger partial charge >= 0.3 is 6.09 Å². The molecule has 0 unspecified atom stereocenters. The Morgan fingerprint density at radius 1 is 0.829 bits per heavy atom. The van der Waals surface area contributed by atoms with E-state index in [4.69, 9.17) is 0 Å². The molecule has 176 valence electrons. The average Bonchev–Trinajstić information content (AvgIpc) is 2.90. The van der Waals surface area contributed by atoms with Crippen molar-refractivity contribution < 1.29 is 19.8 Å². The standard InChI is InChI=1S/C28H25N3O4/c32-18-22-17-29-16-15-24(22)19-11-13-23(14-12-19)30-27(33)26(31-28(34)35)25(20-7-3-1-4-8-20)21-9-5-2-6-10-21/h1-17,25-26,31-32H,18H2,(H,30,33)(H,34,35)/t26-/m0/s1. The summed E-state index contributed by atoms with van der Waals surface area (Å²) in [6, 6.07) is 26.6. The molecule has 0 aliphatic rings. The lowest BCUT2D eigenvalue weighted by molar-refractivity contribution is -0.118. The van der Waals surface area contributed by atoms with E-state index in [1.54, 1.807) is 24.5 Å². The fourth-order valence-electron chi connectivity index (χ4n) is 4.12. The summed E-state index contributed by atoms with van der Waals surface area (Å²) in [4.78, 5) is 29.1. The van der Waals surface area contributed by atoms with Crippen LogP contribution >= 0.6 is 0 Å². The van der Waals surface area contributed by atoms with E-state index in [1.807, 2.05) is 78.9 Å². The first-order valence-corrected chi connectivity index (χ1v) is 11.1. The van der Waals surface area contributed by atoms with Crippen LogP contribution in [0.3, 0.4) is 0 Å². The van der Waals surface area contributed by atoms with Crippen LogP contribution in [-0.2, 0) is 11.4 Å². The monoisotopic (exact) mass is 467 g/mol. The second kappa shape index (κ2) is 11.1. The van der Waals surface area contributed by atoms with Crippen molar-refractivity contribution in [2.24, 2.45) is 0 Å². The number of rotatable bonds is 8.